The number of H-pyrrole nitrogens is 1. The number of nitrogens with one attached hydrogen (secondary N) is 2. The number of benzene rings is 1. The number of rotatable bonds is 4. The number of allylic oxidation sites excluding steroid dienone is 1. The van der Waals surface area contributed by atoms with Crippen molar-refractivity contribution in [2.45, 2.75) is 6.92 Å². The highest BCUT2D eigenvalue weighted by Gasteiger charge is 2.09. The van der Waals surface area contributed by atoms with Crippen molar-refractivity contribution in [3.63, 3.8) is 0 Å². The van der Waals surface area contributed by atoms with Gasteiger partial charge in [-0.15, -0.1) is 0 Å². The molecule has 1 heterocycles. The van der Waals surface area contributed by atoms with Crippen LogP contribution in [-0.2, 0) is 4.79 Å². The Bertz CT molecular complexity index is 768. The third-order valence-electron chi connectivity index (χ3n) is 2.98. The first-order valence-corrected chi connectivity index (χ1v) is 7.06. The molecule has 0 amide bonds. The van der Waals surface area contributed by atoms with Gasteiger partial charge in [-0.3, -0.25) is 4.79 Å². The van der Waals surface area contributed by atoms with Gasteiger partial charge in [0.2, 0.25) is 5.95 Å². The summed E-state index contributed by atoms with van der Waals surface area (Å²) in [6.45, 7) is 1.93. The van der Waals surface area contributed by atoms with Crippen LogP contribution < -0.4 is 5.32 Å². The summed E-state index contributed by atoms with van der Waals surface area (Å²) in [6, 6.07) is 5.68. The van der Waals surface area contributed by atoms with Crippen LogP contribution in [0.25, 0.3) is 17.3 Å². The van der Waals surface area contributed by atoms with Gasteiger partial charge in [0.1, 0.15) is 10.9 Å². The lowest BCUT2D eigenvalue weighted by atomic mass is 10.0. The van der Waals surface area contributed by atoms with E-state index in [0.717, 1.165) is 16.8 Å². The Morgan fingerprint density at radius 2 is 2.19 bits per heavy atom. The van der Waals surface area contributed by atoms with E-state index in [1.54, 1.807) is 13.1 Å². The van der Waals surface area contributed by atoms with Crippen LogP contribution in [0.1, 0.15) is 11.1 Å². The summed E-state index contributed by atoms with van der Waals surface area (Å²) in [4.78, 5) is 18.0. The predicted molar refractivity (Wildman–Crippen MR) is 89.2 cm³/mol. The first kappa shape index (κ1) is 15.4. The van der Waals surface area contributed by atoms with E-state index in [9.17, 15) is 4.79 Å². The number of carbonyl (C=O) groups excluding carboxylic acids is 1. The molecule has 0 radical (unpaired) electrons. The van der Waals surface area contributed by atoms with Gasteiger partial charge < -0.3 is 10.3 Å². The number of aldehydes is 1. The largest absolute Gasteiger partial charge is 0.359 e. The lowest BCUT2D eigenvalue weighted by Crippen LogP contribution is -2.01. The minimum absolute atomic E-state index is 0.416. The van der Waals surface area contributed by atoms with E-state index >= 15 is 0 Å². The molecule has 2 aromatic rings. The van der Waals surface area contributed by atoms with Crippen LogP contribution >= 0.6 is 23.8 Å². The second kappa shape index (κ2) is 6.65. The molecule has 2 N–H and O–H groups in total. The van der Waals surface area contributed by atoms with Crippen LogP contribution in [-0.4, -0.2) is 23.3 Å². The lowest BCUT2D eigenvalue weighted by molar-refractivity contribution is -0.104. The van der Waals surface area contributed by atoms with Crippen molar-refractivity contribution in [2.75, 3.05) is 12.4 Å². The van der Waals surface area contributed by atoms with Gasteiger partial charge in [-0.1, -0.05) is 29.9 Å². The maximum atomic E-state index is 10.6. The van der Waals surface area contributed by atoms with E-state index < -0.39 is 0 Å². The van der Waals surface area contributed by atoms with Gasteiger partial charge in [0.15, 0.2) is 0 Å². The molecule has 0 saturated heterocycles. The summed E-state index contributed by atoms with van der Waals surface area (Å²) in [6.07, 6.45) is 3.75. The van der Waals surface area contributed by atoms with E-state index in [1.807, 2.05) is 25.1 Å². The van der Waals surface area contributed by atoms with Gasteiger partial charge >= 0.3 is 0 Å². The van der Waals surface area contributed by atoms with Crippen LogP contribution in [0.3, 0.4) is 0 Å². The first-order chi connectivity index (χ1) is 10.1. The zero-order valence-corrected chi connectivity index (χ0v) is 13.2. The van der Waals surface area contributed by atoms with Crippen molar-refractivity contribution in [3.05, 3.63) is 45.1 Å². The molecular weight excluding hydrogens is 306 g/mol. The highest BCUT2D eigenvalue weighted by molar-refractivity contribution is 7.71. The fourth-order valence-electron chi connectivity index (χ4n) is 1.92. The topological polar surface area (TPSA) is 57.8 Å². The molecule has 108 valence electrons. The Hall–Kier alpha value is -1.98. The molecular formula is C15H14ClN3OS. The average Bonchev–Trinajstić information content (AvgIpc) is 2.48. The van der Waals surface area contributed by atoms with Crippen LogP contribution in [0.15, 0.2) is 24.3 Å². The molecule has 0 saturated carbocycles. The monoisotopic (exact) mass is 319 g/mol. The summed E-state index contributed by atoms with van der Waals surface area (Å²) in [5.41, 5.74) is 3.36. The molecule has 21 heavy (non-hydrogen) atoms. The van der Waals surface area contributed by atoms with E-state index in [0.29, 0.717) is 27.5 Å². The predicted octanol–water partition coefficient (Wildman–Crippen LogP) is 4.02. The van der Waals surface area contributed by atoms with Gasteiger partial charge in [-0.2, -0.15) is 0 Å². The molecule has 1 aromatic carbocycles. The summed E-state index contributed by atoms with van der Waals surface area (Å²) >= 11 is 11.4. The summed E-state index contributed by atoms with van der Waals surface area (Å²) in [7, 11) is 1.76. The van der Waals surface area contributed by atoms with Crippen molar-refractivity contribution in [2.24, 2.45) is 0 Å². The third-order valence-corrected chi connectivity index (χ3v) is 3.72. The van der Waals surface area contributed by atoms with Crippen molar-refractivity contribution in [3.8, 4) is 11.3 Å². The standard InChI is InChI=1S/C15H14ClN3OS/c1-9-8-10(5-6-12(9)16)13-11(4-3-7-20)14(21)19-15(17-2)18-13/h3-8H,1-2H3,(H2,17,18,19,21)/b4-3+. The van der Waals surface area contributed by atoms with E-state index in [-0.39, 0.29) is 0 Å². The number of carbonyl (C=O) groups is 1. The number of nitrogens with zero attached hydrogens (tertiary/aromatic N) is 1. The minimum Gasteiger partial charge on any atom is -0.359 e. The van der Waals surface area contributed by atoms with Crippen LogP contribution in [0.2, 0.25) is 5.02 Å². The van der Waals surface area contributed by atoms with Crippen molar-refractivity contribution < 1.29 is 4.79 Å². The number of aryl methyl sites for hydroxylation is 1. The average molecular weight is 320 g/mol. The molecule has 0 aliphatic rings. The Morgan fingerprint density at radius 3 is 2.81 bits per heavy atom. The van der Waals surface area contributed by atoms with E-state index in [1.165, 1.54) is 6.08 Å². The Morgan fingerprint density at radius 1 is 1.43 bits per heavy atom. The van der Waals surface area contributed by atoms with Crippen LogP contribution in [0.4, 0.5) is 5.95 Å². The fourth-order valence-corrected chi connectivity index (χ4v) is 2.30. The zero-order valence-electron chi connectivity index (χ0n) is 11.6. The molecule has 0 atom stereocenters. The quantitative estimate of drug-likeness (QED) is 0.507. The molecule has 4 nitrogen and oxygen atoms in total. The SMILES string of the molecule is CNc1nc(=S)c(/C=C/C=O)c(-c2ccc(Cl)c(C)c2)[nH]1. The van der Waals surface area contributed by atoms with Gasteiger partial charge in [0.05, 0.1) is 5.69 Å². The number of aromatic nitrogens is 2. The summed E-state index contributed by atoms with van der Waals surface area (Å²) in [5, 5.41) is 3.63. The maximum absolute atomic E-state index is 10.6. The van der Waals surface area contributed by atoms with Gasteiger partial charge in [0, 0.05) is 17.6 Å². The van der Waals surface area contributed by atoms with E-state index in [2.05, 4.69) is 15.3 Å². The molecule has 0 aliphatic heterocycles. The van der Waals surface area contributed by atoms with Gasteiger partial charge in [-0.25, -0.2) is 4.98 Å². The lowest BCUT2D eigenvalue weighted by Gasteiger charge is -2.11. The third kappa shape index (κ3) is 3.37. The highest BCUT2D eigenvalue weighted by atomic mass is 35.5. The maximum Gasteiger partial charge on any atom is 0.201 e. The van der Waals surface area contributed by atoms with Crippen LogP contribution in [0, 0.1) is 11.6 Å². The number of anilines is 1. The van der Waals surface area contributed by atoms with Crippen molar-refractivity contribution in [1.82, 2.24) is 9.97 Å². The summed E-state index contributed by atoms with van der Waals surface area (Å²) in [5.74, 6) is 0.561. The normalized spacial score (nSPS) is 10.8. The number of hydrogen-bond donors (Lipinski definition) is 2. The Balaban J connectivity index is 2.71. The molecule has 1 aromatic heterocycles. The number of aromatic amines is 1. The zero-order chi connectivity index (χ0) is 15.4. The molecule has 0 aliphatic carbocycles. The number of hydrogen-bond acceptors (Lipinski definition) is 4. The molecule has 6 heteroatoms. The molecule has 0 fully saturated rings. The molecule has 0 bridgehead atoms. The number of halogens is 1. The smallest absolute Gasteiger partial charge is 0.201 e. The molecule has 0 spiro atoms. The van der Waals surface area contributed by atoms with Crippen LogP contribution in [0.5, 0.6) is 0 Å². The molecule has 0 unspecified atom stereocenters. The molecule has 2 rings (SSSR count). The first-order valence-electron chi connectivity index (χ1n) is 6.27. The van der Waals surface area contributed by atoms with Gasteiger partial charge in [0.25, 0.3) is 0 Å². The summed E-state index contributed by atoms with van der Waals surface area (Å²) < 4.78 is 0.416. The van der Waals surface area contributed by atoms with Crippen molar-refractivity contribution >= 4 is 42.1 Å². The van der Waals surface area contributed by atoms with Gasteiger partial charge in [-0.05, 0) is 42.3 Å². The van der Waals surface area contributed by atoms with E-state index in [4.69, 9.17) is 23.8 Å². The fraction of sp³-hybridized carbons (Fsp3) is 0.133. The Kier molecular flexibility index (Phi) is 4.88. The second-order valence-corrected chi connectivity index (χ2v) is 5.18. The minimum atomic E-state index is 0.416. The van der Waals surface area contributed by atoms with Crippen molar-refractivity contribution in [1.29, 1.82) is 0 Å². The Labute approximate surface area is 132 Å². The highest BCUT2D eigenvalue weighted by Crippen LogP contribution is 2.28. The second-order valence-electron chi connectivity index (χ2n) is 4.39.